The van der Waals surface area contributed by atoms with Crippen molar-refractivity contribution in [1.29, 1.82) is 0 Å². The third-order valence-electron chi connectivity index (χ3n) is 3.23. The van der Waals surface area contributed by atoms with Crippen molar-refractivity contribution in [2.45, 2.75) is 33.2 Å². The summed E-state index contributed by atoms with van der Waals surface area (Å²) in [6.45, 7) is 6.67. The molecule has 1 rings (SSSR count). The highest BCUT2D eigenvalue weighted by Crippen LogP contribution is 2.16. The Labute approximate surface area is 167 Å². The number of nitrogens with zero attached hydrogens (tertiary/aromatic N) is 2. The molecule has 1 aromatic rings. The molecule has 0 heterocycles. The van der Waals surface area contributed by atoms with Crippen LogP contribution in [0.3, 0.4) is 0 Å². The predicted octanol–water partition coefficient (Wildman–Crippen LogP) is 3.27. The molecule has 0 spiro atoms. The van der Waals surface area contributed by atoms with Crippen molar-refractivity contribution in [3.05, 3.63) is 34.9 Å². The molecule has 0 aliphatic carbocycles. The third kappa shape index (κ3) is 8.73. The Morgan fingerprint density at radius 2 is 1.96 bits per heavy atom. The molecule has 0 unspecified atom stereocenters. The molecule has 0 aliphatic rings. The monoisotopic (exact) mass is 466 g/mol. The minimum Gasteiger partial charge on any atom is -0.357 e. The maximum Gasteiger partial charge on any atom is 0.221 e. The van der Waals surface area contributed by atoms with Crippen LogP contribution in [-0.4, -0.2) is 43.4 Å². The van der Waals surface area contributed by atoms with Gasteiger partial charge in [-0.25, -0.2) is 0 Å². The van der Waals surface area contributed by atoms with Gasteiger partial charge in [0.05, 0.1) is 6.54 Å². The van der Waals surface area contributed by atoms with Gasteiger partial charge in [0.15, 0.2) is 5.96 Å². The Balaban J connectivity index is 0.00000529. The summed E-state index contributed by atoms with van der Waals surface area (Å²) in [5.41, 5.74) is 1.04. The van der Waals surface area contributed by atoms with E-state index in [-0.39, 0.29) is 29.9 Å². The van der Waals surface area contributed by atoms with Gasteiger partial charge in [-0.3, -0.25) is 9.79 Å². The molecule has 0 saturated carbocycles. The van der Waals surface area contributed by atoms with E-state index in [2.05, 4.69) is 15.6 Å². The zero-order valence-electron chi connectivity index (χ0n) is 14.6. The summed E-state index contributed by atoms with van der Waals surface area (Å²) in [5, 5.41) is 6.84. The second-order valence-corrected chi connectivity index (χ2v) is 5.69. The number of hydrogen-bond donors (Lipinski definition) is 2. The van der Waals surface area contributed by atoms with Crippen molar-refractivity contribution in [3.8, 4) is 0 Å². The molecular weight excluding hydrogens is 439 g/mol. The lowest BCUT2D eigenvalue weighted by Gasteiger charge is -2.22. The SMILES string of the molecule is CCCNC(=O)CCN=C(NCC)N(C)Cc1ccccc1Cl.I. The summed E-state index contributed by atoms with van der Waals surface area (Å²) < 4.78 is 0. The molecule has 24 heavy (non-hydrogen) atoms. The first-order chi connectivity index (χ1) is 11.1. The highest BCUT2D eigenvalue weighted by Gasteiger charge is 2.09. The van der Waals surface area contributed by atoms with Crippen LogP contribution < -0.4 is 10.6 Å². The maximum absolute atomic E-state index is 11.6. The lowest BCUT2D eigenvalue weighted by atomic mass is 10.2. The molecule has 0 aromatic heterocycles. The topological polar surface area (TPSA) is 56.7 Å². The van der Waals surface area contributed by atoms with E-state index in [9.17, 15) is 4.79 Å². The molecule has 7 heteroatoms. The van der Waals surface area contributed by atoms with E-state index in [1.165, 1.54) is 0 Å². The zero-order chi connectivity index (χ0) is 17.1. The number of carbonyl (C=O) groups is 1. The highest BCUT2D eigenvalue weighted by molar-refractivity contribution is 14.0. The number of amides is 1. The van der Waals surface area contributed by atoms with Crippen LogP contribution in [0.1, 0.15) is 32.3 Å². The van der Waals surface area contributed by atoms with Gasteiger partial charge in [0.25, 0.3) is 0 Å². The van der Waals surface area contributed by atoms with Crippen molar-refractivity contribution in [1.82, 2.24) is 15.5 Å². The zero-order valence-corrected chi connectivity index (χ0v) is 17.7. The van der Waals surface area contributed by atoms with Gasteiger partial charge in [-0.15, -0.1) is 24.0 Å². The van der Waals surface area contributed by atoms with E-state index in [0.29, 0.717) is 19.5 Å². The number of guanidine groups is 1. The van der Waals surface area contributed by atoms with Gasteiger partial charge in [0.2, 0.25) is 5.91 Å². The Morgan fingerprint density at radius 1 is 1.25 bits per heavy atom. The van der Waals surface area contributed by atoms with Crippen LogP contribution in [0, 0.1) is 0 Å². The van der Waals surface area contributed by atoms with Crippen LogP contribution in [-0.2, 0) is 11.3 Å². The molecule has 0 bridgehead atoms. The fraction of sp³-hybridized carbons (Fsp3) is 0.529. The maximum atomic E-state index is 11.6. The molecule has 5 nitrogen and oxygen atoms in total. The van der Waals surface area contributed by atoms with Crippen molar-refractivity contribution in [2.75, 3.05) is 26.7 Å². The summed E-state index contributed by atoms with van der Waals surface area (Å²) in [6, 6.07) is 7.77. The first kappa shape index (κ1) is 23.0. The molecule has 136 valence electrons. The van der Waals surface area contributed by atoms with Crippen LogP contribution in [0.5, 0.6) is 0 Å². The van der Waals surface area contributed by atoms with Gasteiger partial charge in [0.1, 0.15) is 0 Å². The van der Waals surface area contributed by atoms with Crippen LogP contribution in [0.4, 0.5) is 0 Å². The number of hydrogen-bond acceptors (Lipinski definition) is 2. The Hall–Kier alpha value is -1.02. The molecular formula is C17H28ClIN4O. The average molecular weight is 467 g/mol. The number of rotatable bonds is 8. The van der Waals surface area contributed by atoms with E-state index in [1.807, 2.05) is 50.1 Å². The van der Waals surface area contributed by atoms with Crippen molar-refractivity contribution in [3.63, 3.8) is 0 Å². The summed E-state index contributed by atoms with van der Waals surface area (Å²) in [5.74, 6) is 0.816. The van der Waals surface area contributed by atoms with Crippen molar-refractivity contribution < 1.29 is 4.79 Å². The lowest BCUT2D eigenvalue weighted by molar-refractivity contribution is -0.120. The molecule has 1 amide bonds. The number of nitrogens with one attached hydrogen (secondary N) is 2. The second-order valence-electron chi connectivity index (χ2n) is 5.28. The van der Waals surface area contributed by atoms with Crippen LogP contribution in [0.2, 0.25) is 5.02 Å². The van der Waals surface area contributed by atoms with E-state index >= 15 is 0 Å². The predicted molar refractivity (Wildman–Crippen MR) is 112 cm³/mol. The fourth-order valence-corrected chi connectivity index (χ4v) is 2.24. The minimum absolute atomic E-state index is 0. The van der Waals surface area contributed by atoms with Gasteiger partial charge in [-0.1, -0.05) is 36.7 Å². The summed E-state index contributed by atoms with van der Waals surface area (Å²) in [4.78, 5) is 18.1. The van der Waals surface area contributed by atoms with E-state index < -0.39 is 0 Å². The van der Waals surface area contributed by atoms with Crippen LogP contribution in [0.15, 0.2) is 29.3 Å². The molecule has 0 aliphatic heterocycles. The molecule has 0 saturated heterocycles. The number of benzene rings is 1. The first-order valence-corrected chi connectivity index (χ1v) is 8.45. The number of halogens is 2. The van der Waals surface area contributed by atoms with Crippen LogP contribution >= 0.6 is 35.6 Å². The molecule has 0 radical (unpaired) electrons. The number of carbonyl (C=O) groups excluding carboxylic acids is 1. The molecule has 2 N–H and O–H groups in total. The highest BCUT2D eigenvalue weighted by atomic mass is 127. The van der Waals surface area contributed by atoms with Crippen molar-refractivity contribution >= 4 is 47.4 Å². The van der Waals surface area contributed by atoms with Crippen molar-refractivity contribution in [2.24, 2.45) is 4.99 Å². The summed E-state index contributed by atoms with van der Waals surface area (Å²) in [6.07, 6.45) is 1.34. The van der Waals surface area contributed by atoms with Crippen LogP contribution in [0.25, 0.3) is 0 Å². The van der Waals surface area contributed by atoms with Gasteiger partial charge in [-0.2, -0.15) is 0 Å². The average Bonchev–Trinajstić information content (AvgIpc) is 2.54. The molecule has 1 aromatic carbocycles. The molecule has 0 fully saturated rings. The van der Waals surface area contributed by atoms with E-state index in [1.54, 1.807) is 0 Å². The Bertz CT molecular complexity index is 525. The molecule has 0 atom stereocenters. The largest absolute Gasteiger partial charge is 0.357 e. The van der Waals surface area contributed by atoms with Gasteiger partial charge in [-0.05, 0) is 25.0 Å². The van der Waals surface area contributed by atoms with Gasteiger partial charge < -0.3 is 15.5 Å². The normalized spacial score (nSPS) is 10.8. The standard InChI is InChI=1S/C17H27ClN4O.HI/c1-4-11-20-16(23)10-12-21-17(19-5-2)22(3)13-14-8-6-7-9-15(14)18;/h6-9H,4-5,10-13H2,1-3H3,(H,19,21)(H,20,23);1H. The minimum atomic E-state index is 0. The number of aliphatic imine (C=N–C) groups is 1. The quantitative estimate of drug-likeness (QED) is 0.351. The summed E-state index contributed by atoms with van der Waals surface area (Å²) >= 11 is 6.20. The van der Waals surface area contributed by atoms with E-state index in [4.69, 9.17) is 11.6 Å². The second kappa shape index (κ2) is 13.3. The van der Waals surface area contributed by atoms with E-state index in [0.717, 1.165) is 36.1 Å². The van der Waals surface area contributed by atoms with Gasteiger partial charge >= 0.3 is 0 Å². The lowest BCUT2D eigenvalue weighted by Crippen LogP contribution is -2.38. The summed E-state index contributed by atoms with van der Waals surface area (Å²) in [7, 11) is 1.96. The first-order valence-electron chi connectivity index (χ1n) is 8.08. The Morgan fingerprint density at radius 3 is 2.58 bits per heavy atom. The van der Waals surface area contributed by atoms with Gasteiger partial charge in [0, 0.05) is 38.1 Å². The fourth-order valence-electron chi connectivity index (χ4n) is 2.04. The Kier molecular flexibility index (Phi) is 12.7. The third-order valence-corrected chi connectivity index (χ3v) is 3.60. The smallest absolute Gasteiger partial charge is 0.221 e.